The molecule has 5 nitrogen and oxygen atoms in total. The Labute approximate surface area is 127 Å². The van der Waals surface area contributed by atoms with Crippen LogP contribution in [0.5, 0.6) is 0 Å². The highest BCUT2D eigenvalue weighted by molar-refractivity contribution is 8.01. The van der Waals surface area contributed by atoms with Gasteiger partial charge in [0.25, 0.3) is 5.91 Å². The molecule has 20 heavy (non-hydrogen) atoms. The van der Waals surface area contributed by atoms with Gasteiger partial charge in [-0.05, 0) is 18.2 Å². The van der Waals surface area contributed by atoms with E-state index in [1.54, 1.807) is 12.3 Å². The number of rotatable bonds is 3. The number of pyridine rings is 1. The summed E-state index contributed by atoms with van der Waals surface area (Å²) in [4.78, 5) is 16.3. The molecule has 1 aromatic carbocycles. The minimum absolute atomic E-state index is 0.203. The lowest BCUT2D eigenvalue weighted by Gasteiger charge is -2.03. The number of amides is 1. The molecule has 0 saturated heterocycles. The molecule has 0 aliphatic heterocycles. The number of carbonyl (C=O) groups is 1. The zero-order valence-electron chi connectivity index (χ0n) is 9.91. The first kappa shape index (κ1) is 13.3. The number of hydrogen-bond donors (Lipinski definition) is 1. The molecule has 0 bridgehead atoms. The third-order valence-electron chi connectivity index (χ3n) is 2.48. The Morgan fingerprint density at radius 1 is 1.30 bits per heavy atom. The normalized spacial score (nSPS) is 10.8. The summed E-state index contributed by atoms with van der Waals surface area (Å²) in [6.45, 7) is 0. The number of halogens is 1. The van der Waals surface area contributed by atoms with Crippen LogP contribution in [0.15, 0.2) is 39.7 Å². The summed E-state index contributed by atoms with van der Waals surface area (Å²) < 4.78 is 0.654. The van der Waals surface area contributed by atoms with Gasteiger partial charge in [-0.25, -0.2) is 0 Å². The predicted octanol–water partition coefficient (Wildman–Crippen LogP) is 2.99. The largest absolute Gasteiger partial charge is 0.363 e. The summed E-state index contributed by atoms with van der Waals surface area (Å²) in [6.07, 6.45) is 1.71. The van der Waals surface area contributed by atoms with Crippen LogP contribution in [0.3, 0.4) is 0 Å². The summed E-state index contributed by atoms with van der Waals surface area (Å²) in [5, 5.41) is 9.49. The van der Waals surface area contributed by atoms with Crippen molar-refractivity contribution in [3.05, 3.63) is 40.5 Å². The fraction of sp³-hybridized carbons (Fsp3) is 0. The Morgan fingerprint density at radius 3 is 2.90 bits per heavy atom. The Kier molecular flexibility index (Phi) is 3.56. The summed E-state index contributed by atoms with van der Waals surface area (Å²) in [5.74, 6) is -0.569. The fourth-order valence-electron chi connectivity index (χ4n) is 1.63. The Hall–Kier alpha value is -1.70. The molecular weight excluding hydrogens is 316 g/mol. The minimum Gasteiger partial charge on any atom is -0.363 e. The van der Waals surface area contributed by atoms with Gasteiger partial charge in [-0.3, -0.25) is 9.78 Å². The molecule has 0 saturated carbocycles. The van der Waals surface area contributed by atoms with Gasteiger partial charge in [0.1, 0.15) is 0 Å². The number of nitrogens with zero attached hydrogens (tertiary/aromatic N) is 3. The smallest absolute Gasteiger partial charge is 0.279 e. The van der Waals surface area contributed by atoms with Gasteiger partial charge in [0.15, 0.2) is 4.34 Å². The molecule has 0 atom stereocenters. The average Bonchev–Trinajstić information content (AvgIpc) is 2.87. The molecule has 2 aromatic heterocycles. The topological polar surface area (TPSA) is 81.8 Å². The maximum absolute atomic E-state index is 11.0. The van der Waals surface area contributed by atoms with Crippen LogP contribution in [0, 0.1) is 0 Å². The molecule has 0 radical (unpaired) electrons. The summed E-state index contributed by atoms with van der Waals surface area (Å²) in [6, 6.07) is 7.40. The van der Waals surface area contributed by atoms with Crippen LogP contribution in [0.25, 0.3) is 10.9 Å². The van der Waals surface area contributed by atoms with Gasteiger partial charge >= 0.3 is 0 Å². The van der Waals surface area contributed by atoms with Crippen molar-refractivity contribution in [3.8, 4) is 0 Å². The Morgan fingerprint density at radius 2 is 2.15 bits per heavy atom. The van der Waals surface area contributed by atoms with Gasteiger partial charge in [-0.2, -0.15) is 0 Å². The molecular formula is C12H7ClN4OS2. The first-order chi connectivity index (χ1) is 9.63. The van der Waals surface area contributed by atoms with E-state index in [-0.39, 0.29) is 5.01 Å². The highest BCUT2D eigenvalue weighted by Crippen LogP contribution is 2.34. The molecule has 0 fully saturated rings. The number of aromatic nitrogens is 3. The van der Waals surface area contributed by atoms with E-state index >= 15 is 0 Å². The van der Waals surface area contributed by atoms with Gasteiger partial charge in [-0.1, -0.05) is 40.8 Å². The summed E-state index contributed by atoms with van der Waals surface area (Å²) in [5.41, 5.74) is 5.97. The zero-order chi connectivity index (χ0) is 14.1. The van der Waals surface area contributed by atoms with Crippen LogP contribution in [0.4, 0.5) is 0 Å². The van der Waals surface area contributed by atoms with Crippen molar-refractivity contribution in [2.45, 2.75) is 9.24 Å². The second-order valence-electron chi connectivity index (χ2n) is 3.81. The molecule has 3 aromatic rings. The van der Waals surface area contributed by atoms with Crippen LogP contribution in [0.2, 0.25) is 5.02 Å². The first-order valence-corrected chi connectivity index (χ1v) is 7.50. The first-order valence-electron chi connectivity index (χ1n) is 5.49. The third-order valence-corrected chi connectivity index (χ3v) is 4.78. The second-order valence-corrected chi connectivity index (χ2v) is 6.51. The summed E-state index contributed by atoms with van der Waals surface area (Å²) >= 11 is 8.53. The lowest BCUT2D eigenvalue weighted by Crippen LogP contribution is -2.10. The van der Waals surface area contributed by atoms with Gasteiger partial charge in [0, 0.05) is 21.5 Å². The SMILES string of the molecule is NC(=O)c1nnc(Sc2ccnc3cc(Cl)ccc23)s1. The molecule has 2 N–H and O–H groups in total. The van der Waals surface area contributed by atoms with Crippen molar-refractivity contribution in [2.75, 3.05) is 0 Å². The van der Waals surface area contributed by atoms with Gasteiger partial charge in [-0.15, -0.1) is 10.2 Å². The third kappa shape index (κ3) is 2.60. The van der Waals surface area contributed by atoms with Gasteiger partial charge in [0.05, 0.1) is 5.52 Å². The Balaban J connectivity index is 1.99. The molecule has 0 aliphatic carbocycles. The molecule has 100 valence electrons. The van der Waals surface area contributed by atoms with Crippen molar-refractivity contribution in [2.24, 2.45) is 5.73 Å². The van der Waals surface area contributed by atoms with Crippen molar-refractivity contribution in [1.82, 2.24) is 15.2 Å². The van der Waals surface area contributed by atoms with Crippen LogP contribution in [-0.2, 0) is 0 Å². The molecule has 1 amide bonds. The van der Waals surface area contributed by atoms with E-state index in [9.17, 15) is 4.79 Å². The molecule has 3 rings (SSSR count). The average molecular weight is 323 g/mol. The van der Waals surface area contributed by atoms with Crippen LogP contribution in [0.1, 0.15) is 9.80 Å². The maximum Gasteiger partial charge on any atom is 0.279 e. The lowest BCUT2D eigenvalue weighted by atomic mass is 10.2. The van der Waals surface area contributed by atoms with Crippen LogP contribution >= 0.6 is 34.7 Å². The van der Waals surface area contributed by atoms with E-state index in [4.69, 9.17) is 17.3 Å². The molecule has 8 heteroatoms. The van der Waals surface area contributed by atoms with E-state index in [1.807, 2.05) is 18.2 Å². The standard InChI is InChI=1S/C12H7ClN4OS2/c13-6-1-2-7-8(5-6)15-4-3-9(7)19-12-17-16-11(20-12)10(14)18/h1-5H,(H2,14,18). The van der Waals surface area contributed by atoms with E-state index in [1.165, 1.54) is 23.1 Å². The van der Waals surface area contributed by atoms with E-state index in [2.05, 4.69) is 15.2 Å². The van der Waals surface area contributed by atoms with Crippen molar-refractivity contribution in [3.63, 3.8) is 0 Å². The van der Waals surface area contributed by atoms with E-state index in [0.717, 1.165) is 15.8 Å². The second kappa shape index (κ2) is 5.35. The van der Waals surface area contributed by atoms with Crippen molar-refractivity contribution in [1.29, 1.82) is 0 Å². The number of fused-ring (bicyclic) bond motifs is 1. The maximum atomic E-state index is 11.0. The number of nitrogens with two attached hydrogens (primary N) is 1. The predicted molar refractivity (Wildman–Crippen MR) is 79.3 cm³/mol. The summed E-state index contributed by atoms with van der Waals surface area (Å²) in [7, 11) is 0. The van der Waals surface area contributed by atoms with Crippen LogP contribution in [-0.4, -0.2) is 21.1 Å². The quantitative estimate of drug-likeness (QED) is 0.801. The highest BCUT2D eigenvalue weighted by atomic mass is 35.5. The molecule has 2 heterocycles. The number of primary amides is 1. The lowest BCUT2D eigenvalue weighted by molar-refractivity contribution is 0.0999. The highest BCUT2D eigenvalue weighted by Gasteiger charge is 2.12. The Bertz CT molecular complexity index is 805. The number of carbonyl (C=O) groups excluding carboxylic acids is 1. The van der Waals surface area contributed by atoms with Crippen LogP contribution < -0.4 is 5.73 Å². The van der Waals surface area contributed by atoms with Gasteiger partial charge < -0.3 is 5.73 Å². The van der Waals surface area contributed by atoms with E-state index < -0.39 is 5.91 Å². The molecule has 0 aliphatic rings. The van der Waals surface area contributed by atoms with Crippen molar-refractivity contribution < 1.29 is 4.79 Å². The number of hydrogen-bond acceptors (Lipinski definition) is 6. The molecule has 0 spiro atoms. The van der Waals surface area contributed by atoms with Crippen molar-refractivity contribution >= 4 is 51.5 Å². The zero-order valence-corrected chi connectivity index (χ0v) is 12.3. The monoisotopic (exact) mass is 322 g/mol. The number of benzene rings is 1. The van der Waals surface area contributed by atoms with E-state index in [0.29, 0.717) is 9.36 Å². The minimum atomic E-state index is -0.569. The van der Waals surface area contributed by atoms with Gasteiger partial charge in [0.2, 0.25) is 5.01 Å². The molecule has 0 unspecified atom stereocenters. The fourth-order valence-corrected chi connectivity index (χ4v) is 3.58.